The molecule has 0 bridgehead atoms. The lowest BCUT2D eigenvalue weighted by Crippen LogP contribution is -2.38. The Morgan fingerprint density at radius 2 is 1.65 bits per heavy atom. The van der Waals surface area contributed by atoms with Crippen molar-refractivity contribution in [3.8, 4) is 11.5 Å². The molecule has 2 rings (SSSR count). The summed E-state index contributed by atoms with van der Waals surface area (Å²) in [6, 6.07) is 9.79. The number of hydrogen-bond donors (Lipinski definition) is 1. The summed E-state index contributed by atoms with van der Waals surface area (Å²) in [5.74, 6) is -0.185. The first-order valence-electron chi connectivity index (χ1n) is 9.45. The third-order valence-electron chi connectivity index (χ3n) is 4.37. The molecule has 2 aromatic carbocycles. The van der Waals surface area contributed by atoms with Gasteiger partial charge in [0.05, 0.1) is 13.7 Å². The lowest BCUT2D eigenvalue weighted by molar-refractivity contribution is -0.153. The van der Waals surface area contributed by atoms with Gasteiger partial charge in [-0.25, -0.2) is 0 Å². The number of carbonyl (C=O) groups excluding carboxylic acids is 2. The number of imide groups is 1. The zero-order valence-corrected chi connectivity index (χ0v) is 17.8. The number of likely N-dealkylation sites (N-methyl/N-ethyl adjacent to an activating group) is 1. The Hall–Kier alpha value is -3.07. The summed E-state index contributed by atoms with van der Waals surface area (Å²) in [4.78, 5) is 26.1. The Kier molecular flexibility index (Phi) is 8.04. The maximum atomic E-state index is 12.4. The quantitative estimate of drug-likeness (QED) is 0.682. The molecule has 0 aliphatic carbocycles. The van der Waals surface area contributed by atoms with Gasteiger partial charge in [-0.3, -0.25) is 19.8 Å². The Bertz CT molecular complexity index is 904. The molecule has 0 aromatic heterocycles. The van der Waals surface area contributed by atoms with E-state index < -0.39 is 24.6 Å². The predicted octanol–water partition coefficient (Wildman–Crippen LogP) is 3.64. The van der Waals surface area contributed by atoms with Gasteiger partial charge in [0.15, 0.2) is 6.61 Å². The summed E-state index contributed by atoms with van der Waals surface area (Å²) in [5, 5.41) is 2.33. The fourth-order valence-corrected chi connectivity index (χ4v) is 3.11. The minimum atomic E-state index is -4.41. The van der Waals surface area contributed by atoms with Crippen LogP contribution >= 0.6 is 0 Å². The molecule has 6 nitrogen and oxygen atoms in total. The number of benzene rings is 2. The lowest BCUT2D eigenvalue weighted by Gasteiger charge is -2.19. The minimum Gasteiger partial charge on any atom is -0.497 e. The monoisotopic (exact) mass is 438 g/mol. The zero-order valence-electron chi connectivity index (χ0n) is 17.8. The first kappa shape index (κ1) is 24.2. The van der Waals surface area contributed by atoms with Gasteiger partial charge in [0.2, 0.25) is 5.91 Å². The van der Waals surface area contributed by atoms with Gasteiger partial charge in [0, 0.05) is 12.1 Å². The number of nitrogens with zero attached hydrogens (tertiary/aromatic N) is 1. The second kappa shape index (κ2) is 10.3. The van der Waals surface area contributed by atoms with Crippen molar-refractivity contribution in [2.24, 2.45) is 0 Å². The largest absolute Gasteiger partial charge is 0.497 e. The summed E-state index contributed by atoms with van der Waals surface area (Å²) in [6.07, 6.45) is -4.41. The van der Waals surface area contributed by atoms with Crippen LogP contribution in [0.5, 0.6) is 11.5 Å². The van der Waals surface area contributed by atoms with Gasteiger partial charge in [0.1, 0.15) is 11.5 Å². The lowest BCUT2D eigenvalue weighted by atomic mass is 10.1. The second-order valence-electron chi connectivity index (χ2n) is 7.24. The van der Waals surface area contributed by atoms with Gasteiger partial charge >= 0.3 is 6.18 Å². The number of carbonyl (C=O) groups is 2. The van der Waals surface area contributed by atoms with E-state index in [1.807, 2.05) is 0 Å². The Labute approximate surface area is 178 Å². The summed E-state index contributed by atoms with van der Waals surface area (Å²) >= 11 is 0. The van der Waals surface area contributed by atoms with Gasteiger partial charge in [-0.1, -0.05) is 12.1 Å². The van der Waals surface area contributed by atoms with Crippen molar-refractivity contribution in [2.45, 2.75) is 26.6 Å². The summed E-state index contributed by atoms with van der Waals surface area (Å²) in [5.41, 5.74) is 2.29. The molecule has 0 spiro atoms. The molecule has 0 atom stereocenters. The normalized spacial score (nSPS) is 11.4. The number of rotatable bonds is 8. The van der Waals surface area contributed by atoms with E-state index in [2.05, 4.69) is 5.32 Å². The topological polar surface area (TPSA) is 67.9 Å². The van der Waals surface area contributed by atoms with Gasteiger partial charge in [-0.15, -0.1) is 0 Å². The van der Waals surface area contributed by atoms with Crippen LogP contribution < -0.4 is 14.8 Å². The first-order chi connectivity index (χ1) is 14.5. The van der Waals surface area contributed by atoms with E-state index in [-0.39, 0.29) is 12.3 Å². The SMILES string of the molecule is COc1ccc(C(=O)NC(=O)CN(C)Cc2cc(C)c(OCC(F)(F)F)c(C)c2)cc1. The highest BCUT2D eigenvalue weighted by Crippen LogP contribution is 2.27. The maximum Gasteiger partial charge on any atom is 0.422 e. The Balaban J connectivity index is 1.93. The van der Waals surface area contributed by atoms with E-state index in [0.717, 1.165) is 5.56 Å². The van der Waals surface area contributed by atoms with Crippen LogP contribution in [0.15, 0.2) is 36.4 Å². The molecule has 0 aliphatic rings. The van der Waals surface area contributed by atoms with Crippen molar-refractivity contribution in [2.75, 3.05) is 27.3 Å². The molecule has 0 saturated carbocycles. The van der Waals surface area contributed by atoms with Crippen LogP contribution in [-0.2, 0) is 11.3 Å². The van der Waals surface area contributed by atoms with Crippen molar-refractivity contribution < 1.29 is 32.2 Å². The molecule has 0 fully saturated rings. The van der Waals surface area contributed by atoms with E-state index in [0.29, 0.717) is 29.0 Å². The van der Waals surface area contributed by atoms with Crippen LogP contribution in [0.2, 0.25) is 0 Å². The zero-order chi connectivity index (χ0) is 23.2. The van der Waals surface area contributed by atoms with Crippen molar-refractivity contribution in [3.05, 3.63) is 58.7 Å². The molecule has 0 heterocycles. The molecule has 0 saturated heterocycles. The second-order valence-corrected chi connectivity index (χ2v) is 7.24. The third kappa shape index (κ3) is 7.60. The van der Waals surface area contributed by atoms with Crippen molar-refractivity contribution >= 4 is 11.8 Å². The molecule has 9 heteroatoms. The minimum absolute atomic E-state index is 0.0354. The predicted molar refractivity (Wildman–Crippen MR) is 109 cm³/mol. The average molecular weight is 438 g/mol. The number of alkyl halides is 3. The highest BCUT2D eigenvalue weighted by molar-refractivity contribution is 6.05. The number of hydrogen-bond acceptors (Lipinski definition) is 5. The van der Waals surface area contributed by atoms with Crippen LogP contribution in [0.1, 0.15) is 27.0 Å². The number of methoxy groups -OCH3 is 1. The molecule has 168 valence electrons. The highest BCUT2D eigenvalue weighted by Gasteiger charge is 2.29. The first-order valence-corrected chi connectivity index (χ1v) is 9.45. The fourth-order valence-electron chi connectivity index (χ4n) is 3.11. The molecule has 0 unspecified atom stereocenters. The molecular formula is C22H25F3N2O4. The fraction of sp³-hybridized carbons (Fsp3) is 0.364. The average Bonchev–Trinajstić information content (AvgIpc) is 2.66. The number of ether oxygens (including phenoxy) is 2. The molecule has 0 aliphatic heterocycles. The van der Waals surface area contributed by atoms with E-state index >= 15 is 0 Å². The Morgan fingerprint density at radius 1 is 1.06 bits per heavy atom. The van der Waals surface area contributed by atoms with E-state index in [1.54, 1.807) is 62.2 Å². The molecule has 0 radical (unpaired) electrons. The summed E-state index contributed by atoms with van der Waals surface area (Å²) < 4.78 is 47.2. The third-order valence-corrected chi connectivity index (χ3v) is 4.37. The van der Waals surface area contributed by atoms with E-state index in [9.17, 15) is 22.8 Å². The van der Waals surface area contributed by atoms with Crippen LogP contribution in [0.25, 0.3) is 0 Å². The van der Waals surface area contributed by atoms with Crippen LogP contribution in [0.3, 0.4) is 0 Å². The maximum absolute atomic E-state index is 12.4. The van der Waals surface area contributed by atoms with Crippen molar-refractivity contribution in [1.82, 2.24) is 10.2 Å². The highest BCUT2D eigenvalue weighted by atomic mass is 19.4. The van der Waals surface area contributed by atoms with E-state index in [4.69, 9.17) is 9.47 Å². The van der Waals surface area contributed by atoms with Gasteiger partial charge in [-0.2, -0.15) is 13.2 Å². The number of amides is 2. The molecule has 31 heavy (non-hydrogen) atoms. The van der Waals surface area contributed by atoms with Gasteiger partial charge in [0.25, 0.3) is 5.91 Å². The molecule has 1 N–H and O–H groups in total. The van der Waals surface area contributed by atoms with Crippen molar-refractivity contribution in [1.29, 1.82) is 0 Å². The smallest absolute Gasteiger partial charge is 0.422 e. The van der Waals surface area contributed by atoms with Crippen molar-refractivity contribution in [3.63, 3.8) is 0 Å². The summed E-state index contributed by atoms with van der Waals surface area (Å²) in [7, 11) is 3.22. The van der Waals surface area contributed by atoms with Gasteiger partial charge < -0.3 is 9.47 Å². The van der Waals surface area contributed by atoms with Crippen LogP contribution in [0.4, 0.5) is 13.2 Å². The number of aryl methyl sites for hydroxylation is 2. The van der Waals surface area contributed by atoms with Crippen LogP contribution in [-0.4, -0.2) is 50.2 Å². The van der Waals surface area contributed by atoms with Gasteiger partial charge in [-0.05, 0) is 61.9 Å². The molecular weight excluding hydrogens is 413 g/mol. The van der Waals surface area contributed by atoms with E-state index in [1.165, 1.54) is 7.11 Å². The Morgan fingerprint density at radius 3 is 2.16 bits per heavy atom. The molecule has 2 amide bonds. The summed E-state index contributed by atoms with van der Waals surface area (Å²) in [6.45, 7) is 2.32. The number of nitrogens with one attached hydrogen (secondary N) is 1. The molecule has 2 aromatic rings. The standard InChI is InChI=1S/C22H25F3N2O4/c1-14-9-16(10-15(2)20(14)31-13-22(23,24)25)11-27(3)12-19(28)26-21(29)17-5-7-18(30-4)8-6-17/h5-10H,11-13H2,1-4H3,(H,26,28,29). The number of halogens is 3. The van der Waals surface area contributed by atoms with Crippen LogP contribution in [0, 0.1) is 13.8 Å².